The van der Waals surface area contributed by atoms with E-state index in [9.17, 15) is 4.79 Å². The van der Waals surface area contributed by atoms with Gasteiger partial charge in [0, 0.05) is 6.54 Å². The van der Waals surface area contributed by atoms with Gasteiger partial charge in [0.2, 0.25) is 0 Å². The molecule has 0 aromatic rings. The molecule has 1 aliphatic rings. The predicted molar refractivity (Wildman–Crippen MR) is 55.2 cm³/mol. The van der Waals surface area contributed by atoms with E-state index in [1.165, 1.54) is 12.8 Å². The van der Waals surface area contributed by atoms with Gasteiger partial charge >= 0.3 is 6.09 Å². The first-order valence-corrected chi connectivity index (χ1v) is 5.44. The van der Waals surface area contributed by atoms with Crippen LogP contribution in [0.2, 0.25) is 0 Å². The summed E-state index contributed by atoms with van der Waals surface area (Å²) >= 11 is 0. The summed E-state index contributed by atoms with van der Waals surface area (Å²) in [6, 6.07) is 0. The molecule has 14 heavy (non-hydrogen) atoms. The number of rotatable bonds is 4. The number of nitrogens with one attached hydrogen (secondary N) is 2. The molecular weight excluding hydrogens is 180 g/mol. The molecule has 0 aliphatic carbocycles. The van der Waals surface area contributed by atoms with Gasteiger partial charge in [-0.3, -0.25) is 0 Å². The van der Waals surface area contributed by atoms with Crippen molar-refractivity contribution in [3.8, 4) is 0 Å². The molecule has 1 saturated heterocycles. The molecular formula is C10H20N2O2. The van der Waals surface area contributed by atoms with E-state index in [1.807, 2.05) is 6.92 Å². The maximum atomic E-state index is 10.9. The first-order valence-electron chi connectivity index (χ1n) is 5.44. The van der Waals surface area contributed by atoms with Crippen LogP contribution in [-0.2, 0) is 4.74 Å². The van der Waals surface area contributed by atoms with Crippen molar-refractivity contribution in [3.63, 3.8) is 0 Å². The maximum Gasteiger partial charge on any atom is 0.407 e. The zero-order valence-electron chi connectivity index (χ0n) is 8.84. The number of ether oxygens (including phenoxy) is 1. The Morgan fingerprint density at radius 1 is 1.50 bits per heavy atom. The van der Waals surface area contributed by atoms with Crippen LogP contribution in [0.3, 0.4) is 0 Å². The van der Waals surface area contributed by atoms with Gasteiger partial charge in [0.05, 0.1) is 6.61 Å². The van der Waals surface area contributed by atoms with Crippen LogP contribution in [0.5, 0.6) is 0 Å². The second-order valence-electron chi connectivity index (χ2n) is 3.63. The lowest BCUT2D eigenvalue weighted by Gasteiger charge is -2.22. The highest BCUT2D eigenvalue weighted by molar-refractivity contribution is 5.66. The van der Waals surface area contributed by atoms with Crippen LogP contribution in [0.25, 0.3) is 0 Å². The van der Waals surface area contributed by atoms with E-state index in [0.717, 1.165) is 32.0 Å². The summed E-state index contributed by atoms with van der Waals surface area (Å²) in [7, 11) is 0. The van der Waals surface area contributed by atoms with Crippen LogP contribution >= 0.6 is 0 Å². The number of alkyl carbamates (subject to hydrolysis) is 1. The van der Waals surface area contributed by atoms with Crippen LogP contribution in [0.4, 0.5) is 4.79 Å². The fourth-order valence-electron chi connectivity index (χ4n) is 1.73. The van der Waals surface area contributed by atoms with Gasteiger partial charge in [-0.2, -0.15) is 0 Å². The molecule has 0 radical (unpaired) electrons. The molecule has 0 aromatic heterocycles. The van der Waals surface area contributed by atoms with Crippen molar-refractivity contribution >= 4 is 6.09 Å². The van der Waals surface area contributed by atoms with E-state index in [2.05, 4.69) is 10.6 Å². The van der Waals surface area contributed by atoms with Gasteiger partial charge in [0.25, 0.3) is 0 Å². The lowest BCUT2D eigenvalue weighted by Crippen LogP contribution is -2.31. The molecule has 1 aliphatic heterocycles. The van der Waals surface area contributed by atoms with E-state index in [4.69, 9.17) is 4.74 Å². The smallest absolute Gasteiger partial charge is 0.407 e. The summed E-state index contributed by atoms with van der Waals surface area (Å²) in [6.07, 6.45) is 3.23. The Hall–Kier alpha value is -0.770. The van der Waals surface area contributed by atoms with E-state index in [0.29, 0.717) is 6.61 Å². The molecule has 1 amide bonds. The third-order valence-electron chi connectivity index (χ3n) is 2.56. The zero-order valence-corrected chi connectivity index (χ0v) is 8.84. The van der Waals surface area contributed by atoms with Gasteiger partial charge in [-0.05, 0) is 45.2 Å². The minimum Gasteiger partial charge on any atom is -0.450 e. The summed E-state index contributed by atoms with van der Waals surface area (Å²) in [4.78, 5) is 10.9. The standard InChI is InChI=1S/C10H20N2O2/c1-2-14-10(13)12-8-5-9-3-6-11-7-4-9/h9,11H,2-8H2,1H3,(H,12,13). The number of carbonyl (C=O) groups excluding carboxylic acids is 1. The molecule has 0 atom stereocenters. The Morgan fingerprint density at radius 3 is 2.86 bits per heavy atom. The minimum atomic E-state index is -0.290. The summed E-state index contributed by atoms with van der Waals surface area (Å²) < 4.78 is 4.77. The molecule has 0 spiro atoms. The van der Waals surface area contributed by atoms with E-state index < -0.39 is 0 Å². The zero-order chi connectivity index (χ0) is 10.2. The quantitative estimate of drug-likeness (QED) is 0.715. The van der Waals surface area contributed by atoms with Gasteiger partial charge in [0.1, 0.15) is 0 Å². The molecule has 0 saturated carbocycles. The highest BCUT2D eigenvalue weighted by atomic mass is 16.5. The van der Waals surface area contributed by atoms with Crippen molar-refractivity contribution in [2.24, 2.45) is 5.92 Å². The van der Waals surface area contributed by atoms with E-state index in [1.54, 1.807) is 0 Å². The number of amides is 1. The Balaban J connectivity index is 1.99. The average Bonchev–Trinajstić information content (AvgIpc) is 2.20. The normalized spacial score (nSPS) is 17.8. The molecule has 4 heteroatoms. The first-order chi connectivity index (χ1) is 6.83. The summed E-state index contributed by atoms with van der Waals surface area (Å²) in [6.45, 7) is 5.23. The third-order valence-corrected chi connectivity index (χ3v) is 2.56. The van der Waals surface area contributed by atoms with Crippen molar-refractivity contribution < 1.29 is 9.53 Å². The minimum absolute atomic E-state index is 0.290. The lowest BCUT2D eigenvalue weighted by atomic mass is 9.95. The maximum absolute atomic E-state index is 10.9. The number of hydrogen-bond acceptors (Lipinski definition) is 3. The predicted octanol–water partition coefficient (Wildman–Crippen LogP) is 1.12. The van der Waals surface area contributed by atoms with Crippen LogP contribution in [-0.4, -0.2) is 32.3 Å². The van der Waals surface area contributed by atoms with Gasteiger partial charge in [-0.25, -0.2) is 4.79 Å². The number of hydrogen-bond donors (Lipinski definition) is 2. The molecule has 82 valence electrons. The Kier molecular flexibility index (Phi) is 5.37. The highest BCUT2D eigenvalue weighted by Crippen LogP contribution is 2.14. The van der Waals surface area contributed by atoms with Gasteiger partial charge < -0.3 is 15.4 Å². The largest absolute Gasteiger partial charge is 0.450 e. The van der Waals surface area contributed by atoms with Crippen molar-refractivity contribution in [2.45, 2.75) is 26.2 Å². The van der Waals surface area contributed by atoms with Crippen LogP contribution < -0.4 is 10.6 Å². The third kappa shape index (κ3) is 4.46. The summed E-state index contributed by atoms with van der Waals surface area (Å²) in [5, 5.41) is 6.07. The van der Waals surface area contributed by atoms with E-state index >= 15 is 0 Å². The molecule has 0 bridgehead atoms. The Bertz CT molecular complexity index is 168. The summed E-state index contributed by atoms with van der Waals surface area (Å²) in [5.41, 5.74) is 0. The Labute approximate surface area is 85.4 Å². The average molecular weight is 200 g/mol. The first kappa shape index (κ1) is 11.3. The van der Waals surface area contributed by atoms with Crippen LogP contribution in [0.1, 0.15) is 26.2 Å². The van der Waals surface area contributed by atoms with Crippen LogP contribution in [0, 0.1) is 5.92 Å². The molecule has 0 unspecified atom stereocenters. The van der Waals surface area contributed by atoms with Gasteiger partial charge in [0.15, 0.2) is 0 Å². The second-order valence-corrected chi connectivity index (χ2v) is 3.63. The molecule has 1 fully saturated rings. The SMILES string of the molecule is CCOC(=O)NCCC1CCNCC1. The highest BCUT2D eigenvalue weighted by Gasteiger charge is 2.12. The van der Waals surface area contributed by atoms with Crippen molar-refractivity contribution in [3.05, 3.63) is 0 Å². The van der Waals surface area contributed by atoms with Gasteiger partial charge in [-0.15, -0.1) is 0 Å². The fourth-order valence-corrected chi connectivity index (χ4v) is 1.73. The lowest BCUT2D eigenvalue weighted by molar-refractivity contribution is 0.151. The molecule has 2 N–H and O–H groups in total. The topological polar surface area (TPSA) is 50.4 Å². The van der Waals surface area contributed by atoms with E-state index in [-0.39, 0.29) is 6.09 Å². The summed E-state index contributed by atoms with van der Waals surface area (Å²) in [5.74, 6) is 0.762. The van der Waals surface area contributed by atoms with Crippen molar-refractivity contribution in [1.82, 2.24) is 10.6 Å². The van der Waals surface area contributed by atoms with Crippen molar-refractivity contribution in [1.29, 1.82) is 0 Å². The fraction of sp³-hybridized carbons (Fsp3) is 0.900. The molecule has 1 rings (SSSR count). The molecule has 4 nitrogen and oxygen atoms in total. The number of piperidine rings is 1. The molecule has 1 heterocycles. The van der Waals surface area contributed by atoms with Crippen molar-refractivity contribution in [2.75, 3.05) is 26.2 Å². The van der Waals surface area contributed by atoms with Crippen LogP contribution in [0.15, 0.2) is 0 Å². The molecule has 0 aromatic carbocycles. The monoisotopic (exact) mass is 200 g/mol. The number of carbonyl (C=O) groups is 1. The Morgan fingerprint density at radius 2 is 2.21 bits per heavy atom. The van der Waals surface area contributed by atoms with Gasteiger partial charge in [-0.1, -0.05) is 0 Å². The second kappa shape index (κ2) is 6.65.